The molecule has 4 atom stereocenters. The van der Waals surface area contributed by atoms with E-state index in [1.807, 2.05) is 19.9 Å². The zero-order chi connectivity index (χ0) is 29.8. The minimum absolute atomic E-state index is 0.0462. The van der Waals surface area contributed by atoms with Crippen molar-refractivity contribution in [2.75, 3.05) is 6.54 Å². The van der Waals surface area contributed by atoms with Gasteiger partial charge in [0, 0.05) is 12.1 Å². The maximum Gasteiger partial charge on any atom is 0.335 e. The van der Waals surface area contributed by atoms with Crippen molar-refractivity contribution in [1.82, 2.24) is 20.5 Å². The van der Waals surface area contributed by atoms with Crippen molar-refractivity contribution in [3.05, 3.63) is 65.5 Å². The number of oxazole rings is 1. The van der Waals surface area contributed by atoms with Crippen LogP contribution in [0.4, 0.5) is 0 Å². The van der Waals surface area contributed by atoms with E-state index in [4.69, 9.17) is 9.52 Å². The molecule has 2 heterocycles. The fourth-order valence-corrected chi connectivity index (χ4v) is 5.02. The summed E-state index contributed by atoms with van der Waals surface area (Å²) in [4.78, 5) is 57.1. The molecule has 218 valence electrons. The standard InChI is InChI=1S/C30H36N4O7/c1-16(2)23(25(35)28-31-20-8-5-6-10-22(20)41-28)32-27(37)21-9-7-15-34(21)29(38)24(17(3)4)33-26(36)18-11-13-19(14-12-18)30(39)40/h5-6,8,10-14,16-17,21,23-25,35H,7,9,15H2,1-4H3,(H,32,37)(H,33,36)(H,39,40)/t21-,23-,24-,25?/m0/s1. The zero-order valence-electron chi connectivity index (χ0n) is 23.5. The molecule has 1 saturated heterocycles. The van der Waals surface area contributed by atoms with Gasteiger partial charge in [0.25, 0.3) is 5.91 Å². The summed E-state index contributed by atoms with van der Waals surface area (Å²) in [5.41, 5.74) is 1.40. The van der Waals surface area contributed by atoms with Crippen LogP contribution in [0.2, 0.25) is 0 Å². The van der Waals surface area contributed by atoms with E-state index in [0.29, 0.717) is 30.5 Å². The monoisotopic (exact) mass is 564 g/mol. The number of amides is 3. The summed E-state index contributed by atoms with van der Waals surface area (Å²) in [6, 6.07) is 10.2. The molecule has 1 unspecified atom stereocenters. The number of nitrogens with one attached hydrogen (secondary N) is 2. The van der Waals surface area contributed by atoms with Crippen LogP contribution in [0.3, 0.4) is 0 Å². The summed E-state index contributed by atoms with van der Waals surface area (Å²) in [6.07, 6.45) is -0.150. The van der Waals surface area contributed by atoms with Gasteiger partial charge in [-0.25, -0.2) is 9.78 Å². The second-order valence-electron chi connectivity index (χ2n) is 11.0. The Morgan fingerprint density at radius 3 is 2.22 bits per heavy atom. The molecule has 1 fully saturated rings. The molecule has 0 saturated carbocycles. The summed E-state index contributed by atoms with van der Waals surface area (Å²) in [5.74, 6) is -2.76. The topological polar surface area (TPSA) is 162 Å². The molecule has 41 heavy (non-hydrogen) atoms. The number of nitrogens with zero attached hydrogens (tertiary/aromatic N) is 2. The molecule has 11 nitrogen and oxygen atoms in total. The second-order valence-corrected chi connectivity index (χ2v) is 11.0. The van der Waals surface area contributed by atoms with Crippen molar-refractivity contribution in [2.24, 2.45) is 11.8 Å². The van der Waals surface area contributed by atoms with Gasteiger partial charge in [0.1, 0.15) is 17.6 Å². The molecule has 3 aromatic rings. The molecule has 0 radical (unpaired) electrons. The van der Waals surface area contributed by atoms with E-state index in [2.05, 4.69) is 15.6 Å². The number of carbonyl (C=O) groups is 4. The molecule has 4 rings (SSSR count). The Hall–Kier alpha value is -4.25. The zero-order valence-corrected chi connectivity index (χ0v) is 23.5. The third-order valence-corrected chi connectivity index (χ3v) is 7.38. The van der Waals surface area contributed by atoms with Crippen LogP contribution in [0.1, 0.15) is 73.2 Å². The Kier molecular flexibility index (Phi) is 9.07. The van der Waals surface area contributed by atoms with Gasteiger partial charge >= 0.3 is 5.97 Å². The average Bonchev–Trinajstić information content (AvgIpc) is 3.61. The summed E-state index contributed by atoms with van der Waals surface area (Å²) < 4.78 is 5.73. The fourth-order valence-electron chi connectivity index (χ4n) is 5.02. The van der Waals surface area contributed by atoms with E-state index in [1.165, 1.54) is 29.2 Å². The van der Waals surface area contributed by atoms with Gasteiger partial charge in [-0.3, -0.25) is 14.4 Å². The van der Waals surface area contributed by atoms with Crippen LogP contribution < -0.4 is 10.6 Å². The minimum Gasteiger partial charge on any atom is -0.478 e. The first-order valence-electron chi connectivity index (χ1n) is 13.8. The third-order valence-electron chi connectivity index (χ3n) is 7.38. The van der Waals surface area contributed by atoms with Gasteiger partial charge in [-0.15, -0.1) is 0 Å². The molecule has 0 bridgehead atoms. The second kappa shape index (κ2) is 12.5. The van der Waals surface area contributed by atoms with Gasteiger partial charge in [0.05, 0.1) is 11.6 Å². The summed E-state index contributed by atoms with van der Waals surface area (Å²) >= 11 is 0. The van der Waals surface area contributed by atoms with Gasteiger partial charge in [0.15, 0.2) is 11.7 Å². The number of carboxylic acid groups (broad SMARTS) is 1. The van der Waals surface area contributed by atoms with E-state index >= 15 is 0 Å². The van der Waals surface area contributed by atoms with E-state index in [9.17, 15) is 24.3 Å². The maximum absolute atomic E-state index is 13.7. The van der Waals surface area contributed by atoms with Gasteiger partial charge in [0.2, 0.25) is 17.7 Å². The normalized spacial score (nSPS) is 17.4. The van der Waals surface area contributed by atoms with Crippen molar-refractivity contribution in [3.63, 3.8) is 0 Å². The summed E-state index contributed by atoms with van der Waals surface area (Å²) in [7, 11) is 0. The summed E-state index contributed by atoms with van der Waals surface area (Å²) in [5, 5.41) is 25.9. The molecule has 4 N–H and O–H groups in total. The van der Waals surface area contributed by atoms with Crippen LogP contribution in [0.5, 0.6) is 0 Å². The van der Waals surface area contributed by atoms with Crippen LogP contribution in [0, 0.1) is 11.8 Å². The van der Waals surface area contributed by atoms with Gasteiger partial charge in [-0.05, 0) is 61.1 Å². The van der Waals surface area contributed by atoms with E-state index in [0.717, 1.165) is 0 Å². The van der Waals surface area contributed by atoms with Crippen LogP contribution in [-0.4, -0.2) is 68.5 Å². The lowest BCUT2D eigenvalue weighted by Gasteiger charge is -2.32. The quantitative estimate of drug-likeness (QED) is 0.292. The van der Waals surface area contributed by atoms with Crippen LogP contribution >= 0.6 is 0 Å². The number of aliphatic hydroxyl groups is 1. The molecule has 1 aliphatic heterocycles. The smallest absolute Gasteiger partial charge is 0.335 e. The number of aromatic carboxylic acids is 1. The molecule has 0 aliphatic carbocycles. The number of likely N-dealkylation sites (tertiary alicyclic amines) is 1. The van der Waals surface area contributed by atoms with Crippen molar-refractivity contribution in [2.45, 2.75) is 64.8 Å². The van der Waals surface area contributed by atoms with E-state index in [1.54, 1.807) is 32.0 Å². The average molecular weight is 565 g/mol. The lowest BCUT2D eigenvalue weighted by molar-refractivity contribution is -0.141. The van der Waals surface area contributed by atoms with Crippen LogP contribution in [0.25, 0.3) is 11.1 Å². The first kappa shape index (κ1) is 29.7. The van der Waals surface area contributed by atoms with Gasteiger partial charge < -0.3 is 30.2 Å². The van der Waals surface area contributed by atoms with Crippen LogP contribution in [0.15, 0.2) is 52.9 Å². The number of aromatic nitrogens is 1. The number of para-hydroxylation sites is 2. The largest absolute Gasteiger partial charge is 0.478 e. The van der Waals surface area contributed by atoms with Gasteiger partial charge in [-0.2, -0.15) is 0 Å². The van der Waals surface area contributed by atoms with Crippen molar-refractivity contribution in [1.29, 1.82) is 0 Å². The highest BCUT2D eigenvalue weighted by Crippen LogP contribution is 2.27. The minimum atomic E-state index is -1.20. The number of hydrogen-bond acceptors (Lipinski definition) is 7. The first-order chi connectivity index (χ1) is 19.5. The lowest BCUT2D eigenvalue weighted by Crippen LogP contribution is -2.56. The SMILES string of the molecule is CC(C)[C@H](NC(=O)[C@@H]1CCCN1C(=O)[C@@H](NC(=O)c1ccc(C(=O)O)cc1)C(C)C)C(O)c1nc2ccccc2o1. The van der Waals surface area contributed by atoms with E-state index < -0.39 is 42.0 Å². The summed E-state index contributed by atoms with van der Waals surface area (Å²) in [6.45, 7) is 7.67. The molecular formula is C30H36N4O7. The first-order valence-corrected chi connectivity index (χ1v) is 13.8. The highest BCUT2D eigenvalue weighted by atomic mass is 16.4. The van der Waals surface area contributed by atoms with Crippen molar-refractivity contribution < 1.29 is 33.8 Å². The van der Waals surface area contributed by atoms with Crippen molar-refractivity contribution >= 4 is 34.8 Å². The number of rotatable bonds is 10. The number of benzene rings is 2. The molecule has 11 heteroatoms. The van der Waals surface area contributed by atoms with Crippen LogP contribution in [-0.2, 0) is 9.59 Å². The number of fused-ring (bicyclic) bond motifs is 1. The Morgan fingerprint density at radius 1 is 0.951 bits per heavy atom. The molecular weight excluding hydrogens is 528 g/mol. The Morgan fingerprint density at radius 2 is 1.61 bits per heavy atom. The molecule has 3 amide bonds. The highest BCUT2D eigenvalue weighted by molar-refractivity contribution is 5.99. The third kappa shape index (κ3) is 6.57. The maximum atomic E-state index is 13.7. The number of aliphatic hydroxyl groups excluding tert-OH is 1. The molecule has 0 spiro atoms. The molecule has 2 aromatic carbocycles. The predicted molar refractivity (Wildman–Crippen MR) is 150 cm³/mol. The lowest BCUT2D eigenvalue weighted by atomic mass is 9.97. The number of carboxylic acids is 1. The number of carbonyl (C=O) groups excluding carboxylic acids is 3. The predicted octanol–water partition coefficient (Wildman–Crippen LogP) is 3.15. The Bertz CT molecular complexity index is 1380. The van der Waals surface area contributed by atoms with Crippen molar-refractivity contribution in [3.8, 4) is 0 Å². The number of hydrogen-bond donors (Lipinski definition) is 4. The van der Waals surface area contributed by atoms with Gasteiger partial charge in [-0.1, -0.05) is 39.8 Å². The van der Waals surface area contributed by atoms with E-state index in [-0.39, 0.29) is 34.8 Å². The highest BCUT2D eigenvalue weighted by Gasteiger charge is 2.40. The molecule has 1 aromatic heterocycles. The molecule has 1 aliphatic rings. The Balaban J connectivity index is 1.47. The fraction of sp³-hybridized carbons (Fsp3) is 0.433. The Labute approximate surface area is 237 Å².